The molecule has 2 heterocycles. The Labute approximate surface area is 165 Å². The lowest BCUT2D eigenvalue weighted by atomic mass is 10.2. The molecule has 0 spiro atoms. The fraction of sp³-hybridized carbons (Fsp3) is 0.348. The second-order valence-electron chi connectivity index (χ2n) is 7.15. The summed E-state index contributed by atoms with van der Waals surface area (Å²) in [6.07, 6.45) is 5.34. The lowest BCUT2D eigenvalue weighted by Gasteiger charge is -2.12. The number of hydrogen-bond acceptors (Lipinski definition) is 3. The van der Waals surface area contributed by atoms with Gasteiger partial charge in [-0.25, -0.2) is 0 Å². The van der Waals surface area contributed by atoms with Crippen molar-refractivity contribution in [2.75, 3.05) is 19.8 Å². The second-order valence-corrected chi connectivity index (χ2v) is 7.15. The van der Waals surface area contributed by atoms with Gasteiger partial charge >= 0.3 is 0 Å². The zero-order chi connectivity index (χ0) is 19.2. The molecule has 1 aliphatic rings. The molecule has 4 rings (SSSR count). The number of carbonyl (C=O) groups excluding carboxylic acids is 1. The maximum absolute atomic E-state index is 12.3. The van der Waals surface area contributed by atoms with Crippen molar-refractivity contribution in [1.29, 1.82) is 0 Å². The van der Waals surface area contributed by atoms with Gasteiger partial charge in [-0.2, -0.15) is 0 Å². The summed E-state index contributed by atoms with van der Waals surface area (Å²) in [5.74, 6) is 0.717. The lowest BCUT2D eigenvalue weighted by Crippen LogP contribution is -2.25. The smallest absolute Gasteiger partial charge is 0.251 e. The van der Waals surface area contributed by atoms with Gasteiger partial charge in [0.2, 0.25) is 0 Å². The van der Waals surface area contributed by atoms with Crippen LogP contribution in [0, 0.1) is 0 Å². The van der Waals surface area contributed by atoms with E-state index in [0.717, 1.165) is 38.2 Å². The first kappa shape index (κ1) is 18.6. The standard InChI is InChI=1S/C23H26N2O3/c26-23(19-8-10-20(11-9-19)28-17-21-6-3-16-27-21)24-13-4-14-25-15-12-18-5-1-2-7-22(18)25/h1-2,5,7-12,15,21H,3-4,6,13-14,16-17H2,(H,24,26)/t21-/m1/s1. The Morgan fingerprint density at radius 2 is 2.00 bits per heavy atom. The van der Waals surface area contributed by atoms with Gasteiger partial charge in [-0.3, -0.25) is 4.79 Å². The lowest BCUT2D eigenvalue weighted by molar-refractivity contribution is 0.0679. The quantitative estimate of drug-likeness (QED) is 0.603. The Morgan fingerprint density at radius 3 is 2.82 bits per heavy atom. The van der Waals surface area contributed by atoms with Crippen LogP contribution in [0.5, 0.6) is 5.75 Å². The van der Waals surface area contributed by atoms with Gasteiger partial charge in [0.1, 0.15) is 12.4 Å². The summed E-state index contributed by atoms with van der Waals surface area (Å²) < 4.78 is 13.5. The number of ether oxygens (including phenoxy) is 2. The molecule has 1 fully saturated rings. The van der Waals surface area contributed by atoms with E-state index < -0.39 is 0 Å². The van der Waals surface area contributed by atoms with Crippen molar-refractivity contribution in [1.82, 2.24) is 9.88 Å². The SMILES string of the molecule is O=C(NCCCn1ccc2ccccc21)c1ccc(OC[C@H]2CCCO2)cc1. The predicted molar refractivity (Wildman–Crippen MR) is 110 cm³/mol. The van der Waals surface area contributed by atoms with Crippen LogP contribution < -0.4 is 10.1 Å². The third-order valence-electron chi connectivity index (χ3n) is 5.12. The van der Waals surface area contributed by atoms with E-state index in [0.29, 0.717) is 18.7 Å². The fourth-order valence-electron chi connectivity index (χ4n) is 3.56. The van der Waals surface area contributed by atoms with Gasteiger partial charge < -0.3 is 19.4 Å². The summed E-state index contributed by atoms with van der Waals surface area (Å²) in [7, 11) is 0. The molecule has 2 aromatic carbocycles. The number of nitrogens with zero attached hydrogens (tertiary/aromatic N) is 1. The van der Waals surface area contributed by atoms with Gasteiger partial charge in [0.25, 0.3) is 5.91 Å². The molecule has 1 aliphatic heterocycles. The van der Waals surface area contributed by atoms with Crippen LogP contribution in [-0.2, 0) is 11.3 Å². The van der Waals surface area contributed by atoms with E-state index in [9.17, 15) is 4.79 Å². The van der Waals surface area contributed by atoms with Crippen molar-refractivity contribution in [3.8, 4) is 5.75 Å². The van der Waals surface area contributed by atoms with Gasteiger partial charge in [-0.1, -0.05) is 18.2 Å². The normalized spacial score (nSPS) is 16.4. The number of hydrogen-bond donors (Lipinski definition) is 1. The molecule has 0 saturated carbocycles. The van der Waals surface area contributed by atoms with Crippen molar-refractivity contribution in [3.63, 3.8) is 0 Å². The van der Waals surface area contributed by atoms with Crippen molar-refractivity contribution >= 4 is 16.8 Å². The summed E-state index contributed by atoms with van der Waals surface area (Å²) in [5, 5.41) is 4.24. The molecule has 1 amide bonds. The molecule has 0 bridgehead atoms. The number of fused-ring (bicyclic) bond motifs is 1. The van der Waals surface area contributed by atoms with E-state index in [1.54, 1.807) is 12.1 Å². The van der Waals surface area contributed by atoms with Crippen LogP contribution in [0.25, 0.3) is 10.9 Å². The van der Waals surface area contributed by atoms with Crippen LogP contribution >= 0.6 is 0 Å². The van der Waals surface area contributed by atoms with Crippen LogP contribution in [0.15, 0.2) is 60.8 Å². The van der Waals surface area contributed by atoms with E-state index in [-0.39, 0.29) is 12.0 Å². The molecule has 0 unspecified atom stereocenters. The zero-order valence-corrected chi connectivity index (χ0v) is 16.0. The fourth-order valence-corrected chi connectivity index (χ4v) is 3.56. The van der Waals surface area contributed by atoms with Crippen LogP contribution in [0.4, 0.5) is 0 Å². The average Bonchev–Trinajstić information content (AvgIpc) is 3.40. The van der Waals surface area contributed by atoms with Crippen molar-refractivity contribution in [3.05, 3.63) is 66.4 Å². The highest BCUT2D eigenvalue weighted by Crippen LogP contribution is 2.17. The average molecular weight is 378 g/mol. The van der Waals surface area contributed by atoms with Crippen molar-refractivity contribution in [2.24, 2.45) is 0 Å². The molecule has 3 aromatic rings. The number of carbonyl (C=O) groups is 1. The topological polar surface area (TPSA) is 52.5 Å². The number of nitrogens with one attached hydrogen (secondary N) is 1. The zero-order valence-electron chi connectivity index (χ0n) is 16.0. The van der Waals surface area contributed by atoms with E-state index in [1.807, 2.05) is 18.2 Å². The summed E-state index contributed by atoms with van der Waals surface area (Å²) >= 11 is 0. The third-order valence-corrected chi connectivity index (χ3v) is 5.12. The molecular formula is C23H26N2O3. The second kappa shape index (κ2) is 8.93. The molecule has 1 saturated heterocycles. The van der Waals surface area contributed by atoms with Crippen LogP contribution in [0.1, 0.15) is 29.6 Å². The van der Waals surface area contributed by atoms with Crippen LogP contribution in [0.2, 0.25) is 0 Å². The summed E-state index contributed by atoms with van der Waals surface area (Å²) in [4.78, 5) is 12.3. The Kier molecular flexibility index (Phi) is 5.92. The van der Waals surface area contributed by atoms with Gasteiger partial charge in [-0.05, 0) is 61.0 Å². The maximum atomic E-state index is 12.3. The number of para-hydroxylation sites is 1. The first-order chi connectivity index (χ1) is 13.8. The Bertz CT molecular complexity index is 911. The Hall–Kier alpha value is -2.79. The molecular weight excluding hydrogens is 352 g/mol. The van der Waals surface area contributed by atoms with Crippen molar-refractivity contribution < 1.29 is 14.3 Å². The van der Waals surface area contributed by atoms with Gasteiger partial charge in [0, 0.05) is 37.0 Å². The van der Waals surface area contributed by atoms with Crippen molar-refractivity contribution in [2.45, 2.75) is 31.9 Å². The number of rotatable bonds is 8. The summed E-state index contributed by atoms with van der Waals surface area (Å²) in [6, 6.07) is 17.7. The first-order valence-electron chi connectivity index (χ1n) is 9.96. The molecule has 1 aromatic heterocycles. The largest absolute Gasteiger partial charge is 0.491 e. The minimum Gasteiger partial charge on any atom is -0.491 e. The number of amides is 1. The monoisotopic (exact) mass is 378 g/mol. The van der Waals surface area contributed by atoms with Gasteiger partial charge in [-0.15, -0.1) is 0 Å². The molecule has 0 aliphatic carbocycles. The van der Waals surface area contributed by atoms with Crippen LogP contribution in [-0.4, -0.2) is 36.3 Å². The molecule has 146 valence electrons. The highest BCUT2D eigenvalue weighted by atomic mass is 16.5. The Morgan fingerprint density at radius 1 is 1.14 bits per heavy atom. The number of aryl methyl sites for hydroxylation is 1. The molecule has 5 nitrogen and oxygen atoms in total. The van der Waals surface area contributed by atoms with E-state index in [2.05, 4.69) is 40.3 Å². The van der Waals surface area contributed by atoms with Crippen LogP contribution in [0.3, 0.4) is 0 Å². The maximum Gasteiger partial charge on any atom is 0.251 e. The highest BCUT2D eigenvalue weighted by Gasteiger charge is 2.16. The minimum absolute atomic E-state index is 0.0527. The Balaban J connectivity index is 1.21. The minimum atomic E-state index is -0.0527. The van der Waals surface area contributed by atoms with Gasteiger partial charge in [0.05, 0.1) is 6.10 Å². The molecule has 1 atom stereocenters. The molecule has 28 heavy (non-hydrogen) atoms. The molecule has 1 N–H and O–H groups in total. The third kappa shape index (κ3) is 4.54. The summed E-state index contributed by atoms with van der Waals surface area (Å²) in [5.41, 5.74) is 1.88. The summed E-state index contributed by atoms with van der Waals surface area (Å²) in [6.45, 7) is 2.92. The molecule has 5 heteroatoms. The van der Waals surface area contributed by atoms with E-state index in [1.165, 1.54) is 10.9 Å². The number of aromatic nitrogens is 1. The predicted octanol–water partition coefficient (Wildman–Crippen LogP) is 4.02. The van der Waals surface area contributed by atoms with E-state index in [4.69, 9.17) is 9.47 Å². The first-order valence-corrected chi connectivity index (χ1v) is 9.96. The number of benzene rings is 2. The molecule has 0 radical (unpaired) electrons. The van der Waals surface area contributed by atoms with E-state index >= 15 is 0 Å². The highest BCUT2D eigenvalue weighted by molar-refractivity contribution is 5.94. The van der Waals surface area contributed by atoms with Gasteiger partial charge in [0.15, 0.2) is 0 Å².